The zero-order valence-electron chi connectivity index (χ0n) is 11.5. The Morgan fingerprint density at radius 1 is 1.18 bits per heavy atom. The molecular weight excluding hydrogens is 307 g/mol. The standard InChI is InChI=1S/C16H12ClFN2O2/c17-12-8-11(3-4-13(12)18)19-16(22)10-1-5-14-9(7-10)2-6-15(21)20-14/h1,3-5,7-8H,2,6H2,(H,19,22)(H,20,21). The largest absolute Gasteiger partial charge is 0.326 e. The SMILES string of the molecule is O=C1CCc2cc(C(=O)Nc3ccc(F)c(Cl)c3)ccc2N1. The normalized spacial score (nSPS) is 13.3. The minimum atomic E-state index is -0.538. The number of anilines is 2. The number of carbonyl (C=O) groups excluding carboxylic acids is 2. The number of amides is 2. The maximum atomic E-state index is 13.1. The van der Waals surface area contributed by atoms with Gasteiger partial charge < -0.3 is 10.6 Å². The van der Waals surface area contributed by atoms with Crippen LogP contribution in [0.5, 0.6) is 0 Å². The number of nitrogens with one attached hydrogen (secondary N) is 2. The number of hydrogen-bond acceptors (Lipinski definition) is 2. The van der Waals surface area contributed by atoms with Crippen molar-refractivity contribution in [1.29, 1.82) is 0 Å². The minimum absolute atomic E-state index is 0.0225. The highest BCUT2D eigenvalue weighted by molar-refractivity contribution is 6.31. The van der Waals surface area contributed by atoms with Gasteiger partial charge in [-0.2, -0.15) is 0 Å². The fourth-order valence-electron chi connectivity index (χ4n) is 2.30. The van der Waals surface area contributed by atoms with Crippen molar-refractivity contribution in [2.75, 3.05) is 10.6 Å². The van der Waals surface area contributed by atoms with Crippen molar-refractivity contribution in [3.63, 3.8) is 0 Å². The molecule has 0 bridgehead atoms. The molecule has 0 radical (unpaired) electrons. The summed E-state index contributed by atoms with van der Waals surface area (Å²) in [5, 5.41) is 5.37. The van der Waals surface area contributed by atoms with Gasteiger partial charge >= 0.3 is 0 Å². The first-order valence-electron chi connectivity index (χ1n) is 6.72. The van der Waals surface area contributed by atoms with E-state index in [4.69, 9.17) is 11.6 Å². The monoisotopic (exact) mass is 318 g/mol. The molecule has 2 aromatic rings. The van der Waals surface area contributed by atoms with Crippen LogP contribution in [0.3, 0.4) is 0 Å². The maximum Gasteiger partial charge on any atom is 0.255 e. The number of aryl methyl sites for hydroxylation is 1. The van der Waals surface area contributed by atoms with Gasteiger partial charge in [-0.3, -0.25) is 9.59 Å². The van der Waals surface area contributed by atoms with Crippen molar-refractivity contribution in [3.8, 4) is 0 Å². The lowest BCUT2D eigenvalue weighted by Crippen LogP contribution is -2.20. The Morgan fingerprint density at radius 3 is 2.77 bits per heavy atom. The Labute approximate surface area is 131 Å². The Bertz CT molecular complexity index is 777. The van der Waals surface area contributed by atoms with Crippen LogP contribution in [0.4, 0.5) is 15.8 Å². The lowest BCUT2D eigenvalue weighted by molar-refractivity contribution is -0.116. The fraction of sp³-hybridized carbons (Fsp3) is 0.125. The minimum Gasteiger partial charge on any atom is -0.326 e. The van der Waals surface area contributed by atoms with Crippen LogP contribution in [0.2, 0.25) is 5.02 Å². The van der Waals surface area contributed by atoms with Crippen molar-refractivity contribution in [3.05, 3.63) is 58.4 Å². The highest BCUT2D eigenvalue weighted by Crippen LogP contribution is 2.24. The van der Waals surface area contributed by atoms with E-state index in [-0.39, 0.29) is 16.8 Å². The molecule has 0 unspecified atom stereocenters. The Hall–Kier alpha value is -2.40. The van der Waals surface area contributed by atoms with Gasteiger partial charge in [-0.15, -0.1) is 0 Å². The first kappa shape index (κ1) is 14.5. The van der Waals surface area contributed by atoms with Crippen molar-refractivity contribution < 1.29 is 14.0 Å². The molecule has 112 valence electrons. The van der Waals surface area contributed by atoms with E-state index in [0.29, 0.717) is 24.1 Å². The Kier molecular flexibility index (Phi) is 3.81. The molecule has 2 amide bonds. The molecule has 0 fully saturated rings. The number of carbonyl (C=O) groups is 2. The van der Waals surface area contributed by atoms with Gasteiger partial charge in [0.1, 0.15) is 5.82 Å². The molecule has 0 saturated carbocycles. The molecule has 3 rings (SSSR count). The number of rotatable bonds is 2. The second-order valence-corrected chi connectivity index (χ2v) is 5.41. The lowest BCUT2D eigenvalue weighted by Gasteiger charge is -2.17. The van der Waals surface area contributed by atoms with E-state index in [9.17, 15) is 14.0 Å². The smallest absolute Gasteiger partial charge is 0.255 e. The summed E-state index contributed by atoms with van der Waals surface area (Å²) in [5.41, 5.74) is 2.54. The predicted molar refractivity (Wildman–Crippen MR) is 82.8 cm³/mol. The van der Waals surface area contributed by atoms with Crippen LogP contribution in [0.25, 0.3) is 0 Å². The van der Waals surface area contributed by atoms with Gasteiger partial charge in [-0.05, 0) is 48.4 Å². The number of halogens is 2. The van der Waals surface area contributed by atoms with E-state index in [1.807, 2.05) is 0 Å². The summed E-state index contributed by atoms with van der Waals surface area (Å²) in [5.74, 6) is -0.878. The van der Waals surface area contributed by atoms with Crippen molar-refractivity contribution in [1.82, 2.24) is 0 Å². The van der Waals surface area contributed by atoms with Crippen LogP contribution in [-0.4, -0.2) is 11.8 Å². The van der Waals surface area contributed by atoms with Gasteiger partial charge in [0.2, 0.25) is 5.91 Å². The summed E-state index contributed by atoms with van der Waals surface area (Å²) in [6, 6.07) is 9.07. The second-order valence-electron chi connectivity index (χ2n) is 5.00. The zero-order chi connectivity index (χ0) is 15.7. The molecule has 1 heterocycles. The van der Waals surface area contributed by atoms with Crippen LogP contribution in [0, 0.1) is 5.82 Å². The van der Waals surface area contributed by atoms with Crippen LogP contribution >= 0.6 is 11.6 Å². The fourth-order valence-corrected chi connectivity index (χ4v) is 2.48. The van der Waals surface area contributed by atoms with E-state index in [1.165, 1.54) is 18.2 Å². The first-order chi connectivity index (χ1) is 10.5. The zero-order valence-corrected chi connectivity index (χ0v) is 12.2. The topological polar surface area (TPSA) is 58.2 Å². The van der Waals surface area contributed by atoms with Crippen molar-refractivity contribution in [2.24, 2.45) is 0 Å². The third-order valence-electron chi connectivity index (χ3n) is 3.44. The van der Waals surface area contributed by atoms with Crippen LogP contribution < -0.4 is 10.6 Å². The van der Waals surface area contributed by atoms with Crippen LogP contribution in [0.15, 0.2) is 36.4 Å². The van der Waals surface area contributed by atoms with Gasteiger partial charge in [0.25, 0.3) is 5.91 Å². The molecule has 0 aliphatic carbocycles. The maximum absolute atomic E-state index is 13.1. The molecular formula is C16H12ClFN2O2. The van der Waals surface area contributed by atoms with Gasteiger partial charge in [-0.25, -0.2) is 4.39 Å². The molecule has 0 saturated heterocycles. The second kappa shape index (κ2) is 5.77. The molecule has 4 nitrogen and oxygen atoms in total. The van der Waals surface area contributed by atoms with Crippen molar-refractivity contribution in [2.45, 2.75) is 12.8 Å². The van der Waals surface area contributed by atoms with E-state index < -0.39 is 5.82 Å². The van der Waals surface area contributed by atoms with Gasteiger partial charge in [0.05, 0.1) is 5.02 Å². The lowest BCUT2D eigenvalue weighted by atomic mass is 10.00. The van der Waals surface area contributed by atoms with Gasteiger partial charge in [0, 0.05) is 23.4 Å². The number of benzene rings is 2. The Balaban J connectivity index is 1.80. The van der Waals surface area contributed by atoms with Gasteiger partial charge in [0.15, 0.2) is 0 Å². The molecule has 6 heteroatoms. The number of hydrogen-bond donors (Lipinski definition) is 2. The number of fused-ring (bicyclic) bond motifs is 1. The molecule has 2 N–H and O–H groups in total. The molecule has 0 atom stereocenters. The third kappa shape index (κ3) is 2.94. The van der Waals surface area contributed by atoms with E-state index >= 15 is 0 Å². The average molecular weight is 319 g/mol. The summed E-state index contributed by atoms with van der Waals surface area (Å²) in [6.45, 7) is 0. The summed E-state index contributed by atoms with van der Waals surface area (Å²) >= 11 is 5.69. The van der Waals surface area contributed by atoms with E-state index in [0.717, 1.165) is 11.3 Å². The molecule has 0 aromatic heterocycles. The Morgan fingerprint density at radius 2 is 2.00 bits per heavy atom. The van der Waals surface area contributed by atoms with Gasteiger partial charge in [-0.1, -0.05) is 11.6 Å². The third-order valence-corrected chi connectivity index (χ3v) is 3.73. The summed E-state index contributed by atoms with van der Waals surface area (Å²) in [7, 11) is 0. The quantitative estimate of drug-likeness (QED) is 0.888. The molecule has 0 spiro atoms. The molecule has 22 heavy (non-hydrogen) atoms. The van der Waals surface area contributed by atoms with E-state index in [1.54, 1.807) is 18.2 Å². The highest BCUT2D eigenvalue weighted by atomic mass is 35.5. The van der Waals surface area contributed by atoms with Crippen LogP contribution in [-0.2, 0) is 11.2 Å². The highest BCUT2D eigenvalue weighted by Gasteiger charge is 2.16. The summed E-state index contributed by atoms with van der Waals surface area (Å²) in [6.07, 6.45) is 1.01. The summed E-state index contributed by atoms with van der Waals surface area (Å²) in [4.78, 5) is 23.5. The predicted octanol–water partition coefficient (Wildman–Crippen LogP) is 3.62. The first-order valence-corrected chi connectivity index (χ1v) is 7.10. The van der Waals surface area contributed by atoms with E-state index in [2.05, 4.69) is 10.6 Å². The van der Waals surface area contributed by atoms with Crippen LogP contribution in [0.1, 0.15) is 22.3 Å². The molecule has 2 aromatic carbocycles. The molecule has 1 aliphatic heterocycles. The molecule has 1 aliphatic rings. The average Bonchev–Trinajstić information content (AvgIpc) is 2.50. The summed E-state index contributed by atoms with van der Waals surface area (Å²) < 4.78 is 13.1. The van der Waals surface area contributed by atoms with Crippen molar-refractivity contribution >= 4 is 34.8 Å².